The predicted molar refractivity (Wildman–Crippen MR) is 46.1 cm³/mol. The van der Waals surface area contributed by atoms with Gasteiger partial charge in [0, 0.05) is 0 Å². The second-order valence-corrected chi connectivity index (χ2v) is 3.14. The van der Waals surface area contributed by atoms with Crippen molar-refractivity contribution >= 4 is 24.0 Å². The van der Waals surface area contributed by atoms with Gasteiger partial charge in [-0.25, -0.2) is 19.4 Å². The minimum absolute atomic E-state index is 0.0201. The van der Waals surface area contributed by atoms with Gasteiger partial charge >= 0.3 is 24.0 Å². The van der Waals surface area contributed by atoms with Crippen molar-refractivity contribution in [1.82, 2.24) is 9.80 Å². The average Bonchev–Trinajstić information content (AvgIpc) is 2.85. The van der Waals surface area contributed by atoms with Gasteiger partial charge in [-0.2, -0.15) is 0 Å². The summed E-state index contributed by atoms with van der Waals surface area (Å²) in [5.74, 6) is -2.14. The highest BCUT2D eigenvalue weighted by molar-refractivity contribution is 6.39. The third kappa shape index (κ3) is 1.58. The summed E-state index contributed by atoms with van der Waals surface area (Å²) in [6.45, 7) is 0.156. The highest BCUT2D eigenvalue weighted by Gasteiger charge is 2.39. The Labute approximate surface area is 89.7 Å². The second-order valence-electron chi connectivity index (χ2n) is 3.14. The Morgan fingerprint density at radius 2 is 1.25 bits per heavy atom. The molecule has 0 spiro atoms. The molecule has 2 rings (SSSR count). The zero-order valence-corrected chi connectivity index (χ0v) is 8.17. The number of amides is 4. The number of nitrogens with zero attached hydrogens (tertiary/aromatic N) is 2. The van der Waals surface area contributed by atoms with Crippen molar-refractivity contribution in [2.45, 2.75) is 0 Å². The molecule has 2 heterocycles. The van der Waals surface area contributed by atoms with Gasteiger partial charge < -0.3 is 9.47 Å². The minimum atomic E-state index is -1.07. The number of ether oxygens (including phenoxy) is 2. The van der Waals surface area contributed by atoms with E-state index in [1.54, 1.807) is 0 Å². The number of carbonyl (C=O) groups is 4. The predicted octanol–water partition coefficient (Wildman–Crippen LogP) is -1.06. The van der Waals surface area contributed by atoms with Crippen LogP contribution in [0.3, 0.4) is 0 Å². The van der Waals surface area contributed by atoms with Crippen molar-refractivity contribution < 1.29 is 28.7 Å². The van der Waals surface area contributed by atoms with Crippen molar-refractivity contribution in [3.05, 3.63) is 0 Å². The molecule has 4 amide bonds. The molecule has 0 aromatic carbocycles. The van der Waals surface area contributed by atoms with E-state index >= 15 is 0 Å². The SMILES string of the molecule is O=C1OCCN1C(=O)C(=O)N1CCOC1=O. The molecule has 0 aromatic rings. The highest BCUT2D eigenvalue weighted by atomic mass is 16.6. The third-order valence-corrected chi connectivity index (χ3v) is 2.19. The van der Waals surface area contributed by atoms with Crippen LogP contribution in [0.2, 0.25) is 0 Å². The molecular weight excluding hydrogens is 220 g/mol. The molecule has 0 atom stereocenters. The van der Waals surface area contributed by atoms with E-state index in [2.05, 4.69) is 9.47 Å². The molecule has 8 nitrogen and oxygen atoms in total. The number of imide groups is 2. The highest BCUT2D eigenvalue weighted by Crippen LogP contribution is 2.09. The molecule has 2 aliphatic rings. The Bertz CT molecular complexity index is 343. The Balaban J connectivity index is 2.07. The summed E-state index contributed by atoms with van der Waals surface area (Å²) in [5.41, 5.74) is 0. The molecule has 0 radical (unpaired) electrons. The summed E-state index contributed by atoms with van der Waals surface area (Å²) in [6, 6.07) is 0. The first-order valence-electron chi connectivity index (χ1n) is 4.58. The van der Waals surface area contributed by atoms with Crippen LogP contribution < -0.4 is 0 Å². The molecule has 0 unspecified atom stereocenters. The molecule has 0 N–H and O–H groups in total. The van der Waals surface area contributed by atoms with Crippen molar-refractivity contribution in [3.8, 4) is 0 Å². The van der Waals surface area contributed by atoms with Crippen molar-refractivity contribution in [3.63, 3.8) is 0 Å². The summed E-state index contributed by atoms with van der Waals surface area (Å²) in [4.78, 5) is 46.4. The molecule has 8 heteroatoms. The van der Waals surface area contributed by atoms with Gasteiger partial charge in [0.05, 0.1) is 13.1 Å². The molecule has 2 fully saturated rings. The Kier molecular flexibility index (Phi) is 2.47. The number of cyclic esters (lactones) is 2. The fourth-order valence-corrected chi connectivity index (χ4v) is 1.39. The summed E-state index contributed by atoms with van der Waals surface area (Å²) in [7, 11) is 0. The molecule has 0 aromatic heterocycles. The monoisotopic (exact) mass is 228 g/mol. The van der Waals surface area contributed by atoms with Gasteiger partial charge in [0.1, 0.15) is 13.2 Å². The lowest BCUT2D eigenvalue weighted by molar-refractivity contribution is -0.147. The van der Waals surface area contributed by atoms with Crippen LogP contribution in [-0.2, 0) is 19.1 Å². The van der Waals surface area contributed by atoms with Gasteiger partial charge in [-0.1, -0.05) is 0 Å². The van der Waals surface area contributed by atoms with E-state index in [-0.39, 0.29) is 26.3 Å². The molecule has 16 heavy (non-hydrogen) atoms. The normalized spacial score (nSPS) is 19.8. The molecule has 0 saturated carbocycles. The van der Waals surface area contributed by atoms with Crippen LogP contribution in [-0.4, -0.2) is 60.1 Å². The van der Waals surface area contributed by atoms with Crippen LogP contribution in [0.15, 0.2) is 0 Å². The first-order chi connectivity index (χ1) is 7.61. The van der Waals surface area contributed by atoms with E-state index in [4.69, 9.17) is 0 Å². The van der Waals surface area contributed by atoms with E-state index in [1.165, 1.54) is 0 Å². The fourth-order valence-electron chi connectivity index (χ4n) is 1.39. The largest absolute Gasteiger partial charge is 0.447 e. The lowest BCUT2D eigenvalue weighted by Gasteiger charge is -2.13. The Morgan fingerprint density at radius 1 is 0.875 bits per heavy atom. The van der Waals surface area contributed by atoms with Crippen molar-refractivity contribution in [2.75, 3.05) is 26.3 Å². The molecule has 2 aliphatic heterocycles. The quantitative estimate of drug-likeness (QED) is 0.491. The maximum Gasteiger partial charge on any atom is 0.417 e. The first kappa shape index (κ1) is 10.4. The smallest absolute Gasteiger partial charge is 0.417 e. The second kappa shape index (κ2) is 3.80. The summed E-state index contributed by atoms with van der Waals surface area (Å²) in [6.07, 6.45) is -1.74. The summed E-state index contributed by atoms with van der Waals surface area (Å²) < 4.78 is 9.01. The Hall–Kier alpha value is -2.12. The van der Waals surface area contributed by atoms with Crippen LogP contribution in [0.4, 0.5) is 9.59 Å². The van der Waals surface area contributed by atoms with Crippen LogP contribution in [0.25, 0.3) is 0 Å². The van der Waals surface area contributed by atoms with Crippen molar-refractivity contribution in [2.24, 2.45) is 0 Å². The maximum atomic E-state index is 11.5. The van der Waals surface area contributed by atoms with Gasteiger partial charge in [0.25, 0.3) is 0 Å². The van der Waals surface area contributed by atoms with Crippen LogP contribution >= 0.6 is 0 Å². The zero-order valence-electron chi connectivity index (χ0n) is 8.17. The lowest BCUT2D eigenvalue weighted by Crippen LogP contribution is -2.46. The number of rotatable bonds is 0. The molecular formula is C8H8N2O6. The van der Waals surface area contributed by atoms with Gasteiger partial charge in [0.15, 0.2) is 0 Å². The number of hydrogen-bond acceptors (Lipinski definition) is 6. The minimum Gasteiger partial charge on any atom is -0.447 e. The van der Waals surface area contributed by atoms with E-state index < -0.39 is 24.0 Å². The Morgan fingerprint density at radius 3 is 1.50 bits per heavy atom. The standard InChI is InChI=1S/C8H8N2O6/c11-5(9-1-3-15-7(9)13)6(12)10-2-4-16-8(10)14/h1-4H2. The van der Waals surface area contributed by atoms with Gasteiger partial charge in [-0.05, 0) is 0 Å². The van der Waals surface area contributed by atoms with E-state index in [0.717, 1.165) is 0 Å². The van der Waals surface area contributed by atoms with Crippen molar-refractivity contribution in [1.29, 1.82) is 0 Å². The van der Waals surface area contributed by atoms with E-state index in [9.17, 15) is 19.2 Å². The third-order valence-electron chi connectivity index (χ3n) is 2.19. The topological polar surface area (TPSA) is 93.2 Å². The number of carbonyl (C=O) groups excluding carboxylic acids is 4. The average molecular weight is 228 g/mol. The van der Waals surface area contributed by atoms with Gasteiger partial charge in [0.2, 0.25) is 0 Å². The van der Waals surface area contributed by atoms with Crippen LogP contribution in [0.5, 0.6) is 0 Å². The van der Waals surface area contributed by atoms with Crippen LogP contribution in [0.1, 0.15) is 0 Å². The summed E-state index contributed by atoms with van der Waals surface area (Å²) in [5, 5.41) is 0. The van der Waals surface area contributed by atoms with E-state index in [0.29, 0.717) is 9.80 Å². The van der Waals surface area contributed by atoms with Gasteiger partial charge in [-0.15, -0.1) is 0 Å². The first-order valence-corrected chi connectivity index (χ1v) is 4.58. The van der Waals surface area contributed by atoms with Crippen LogP contribution in [0, 0.1) is 0 Å². The lowest BCUT2D eigenvalue weighted by atomic mass is 10.4. The molecule has 0 bridgehead atoms. The molecule has 86 valence electrons. The molecule has 2 saturated heterocycles. The zero-order chi connectivity index (χ0) is 11.7. The maximum absolute atomic E-state index is 11.5. The van der Waals surface area contributed by atoms with Gasteiger partial charge in [-0.3, -0.25) is 9.59 Å². The summed E-state index contributed by atoms with van der Waals surface area (Å²) >= 11 is 0. The molecule has 0 aliphatic carbocycles. The fraction of sp³-hybridized carbons (Fsp3) is 0.500. The van der Waals surface area contributed by atoms with E-state index in [1.807, 2.05) is 0 Å². The number of hydrogen-bond donors (Lipinski definition) is 0.